The van der Waals surface area contributed by atoms with Crippen LogP contribution in [0.25, 0.3) is 32.9 Å². The summed E-state index contributed by atoms with van der Waals surface area (Å²) in [6.07, 6.45) is 2.96. The molecule has 25 nitrogen and oxygen atoms in total. The maximum absolute atomic E-state index is 14.8. The Bertz CT molecular complexity index is 4590. The van der Waals surface area contributed by atoms with Gasteiger partial charge in [0.25, 0.3) is 26.0 Å². The molecule has 0 spiro atoms. The molecule has 5 aromatic carbocycles. The Kier molecular flexibility index (Phi) is 20.2. The van der Waals surface area contributed by atoms with Crippen LogP contribution < -0.4 is 23.8 Å². The van der Waals surface area contributed by atoms with Crippen LogP contribution in [-0.4, -0.2) is 141 Å². The average Bonchev–Trinajstić information content (AvgIpc) is 1.57. The first-order valence-corrected chi connectivity index (χ1v) is 35.0. The number of carbonyl (C=O) groups is 1. The molecular formula is C62H68ClN11O14S4. The summed E-state index contributed by atoms with van der Waals surface area (Å²) in [6.45, 7) is 1.38. The van der Waals surface area contributed by atoms with E-state index in [0.717, 1.165) is 44.7 Å². The molecule has 4 aromatic heterocycles. The third-order valence-corrected chi connectivity index (χ3v) is 20.7. The van der Waals surface area contributed by atoms with Gasteiger partial charge in [-0.2, -0.15) is 35.6 Å². The van der Waals surface area contributed by atoms with Gasteiger partial charge in [-0.3, -0.25) is 33.4 Å². The van der Waals surface area contributed by atoms with Gasteiger partial charge in [0.15, 0.2) is 0 Å². The molecule has 92 heavy (non-hydrogen) atoms. The van der Waals surface area contributed by atoms with Crippen molar-refractivity contribution in [1.29, 1.82) is 0 Å². The van der Waals surface area contributed by atoms with E-state index in [2.05, 4.69) is 14.6 Å². The normalized spacial score (nSPS) is 13.3. The Morgan fingerprint density at radius 1 is 0.826 bits per heavy atom. The van der Waals surface area contributed by atoms with E-state index in [1.165, 1.54) is 46.6 Å². The lowest BCUT2D eigenvalue weighted by molar-refractivity contribution is -0.384. The van der Waals surface area contributed by atoms with Crippen LogP contribution in [0.15, 0.2) is 120 Å². The molecule has 1 fully saturated rings. The van der Waals surface area contributed by atoms with E-state index in [0.29, 0.717) is 72.2 Å². The fraction of sp³-hybridized carbons (Fsp3) is 0.323. The molecule has 10 rings (SSSR count). The van der Waals surface area contributed by atoms with Crippen molar-refractivity contribution in [2.45, 2.75) is 48.9 Å². The molecule has 1 N–H and O–H groups in total. The molecule has 1 saturated heterocycles. The number of hydrogen-bond donors (Lipinski definition) is 1. The minimum Gasteiger partial charge on any atom is -0.497 e. The summed E-state index contributed by atoms with van der Waals surface area (Å²) in [6, 6.07) is 32.2. The summed E-state index contributed by atoms with van der Waals surface area (Å²) >= 11 is 8.79. The van der Waals surface area contributed by atoms with E-state index < -0.39 is 52.7 Å². The van der Waals surface area contributed by atoms with Crippen molar-refractivity contribution in [3.05, 3.63) is 176 Å². The number of para-hydroxylation sites is 1. The molecule has 0 atom stereocenters. The number of benzene rings is 5. The number of hydrogen-bond acceptors (Lipinski definition) is 19. The van der Waals surface area contributed by atoms with Gasteiger partial charge in [0, 0.05) is 124 Å². The topological polar surface area (TPSA) is 284 Å². The molecule has 0 aliphatic carbocycles. The Labute approximate surface area is 542 Å². The van der Waals surface area contributed by atoms with Crippen LogP contribution in [0.3, 0.4) is 0 Å². The van der Waals surface area contributed by atoms with Crippen LogP contribution in [0, 0.1) is 10.1 Å². The minimum absolute atomic E-state index is 0.0206. The van der Waals surface area contributed by atoms with Crippen molar-refractivity contribution in [2.24, 2.45) is 21.1 Å². The van der Waals surface area contributed by atoms with Crippen molar-refractivity contribution in [3.63, 3.8) is 0 Å². The average molecular weight is 1360 g/mol. The fourth-order valence-corrected chi connectivity index (χ4v) is 15.2. The highest BCUT2D eigenvalue weighted by Crippen LogP contribution is 2.44. The molecular weight excluding hydrogens is 1290 g/mol. The standard InChI is InChI=1S/C62H68ClN11O14S4/c1-68(2)92(82,83)73-29-27-72(28-30-73)44-18-22-47(23-19-44)86-37-53-57(56-51(63)25-24-50-49(14-11-31-88-90(8,78)79)61(62(75)85-7)69(3)60(50)56)54(71(5)66-53)39-91(80,81)67-52-15-9-12-42(59(52)74(76)77)32-43-34-45(70(4)65-43)38-89-48-33-41-13-10-26-64-58(41)55(35-48)87-36-40-16-20-46(84-6)21-17-40/h9-10,12-13,15-26,33-35,67H,11,14,27-32,36-39H2,1-8H3. The Morgan fingerprint density at radius 3 is 2.24 bits per heavy atom. The summed E-state index contributed by atoms with van der Waals surface area (Å²) in [7, 11) is -1.17. The van der Waals surface area contributed by atoms with Crippen LogP contribution in [0.4, 0.5) is 17.1 Å². The van der Waals surface area contributed by atoms with Gasteiger partial charge in [-0.1, -0.05) is 48.0 Å². The first-order chi connectivity index (χ1) is 43.8. The van der Waals surface area contributed by atoms with Crippen molar-refractivity contribution in [2.75, 3.05) is 77.0 Å². The number of nitrogens with zero attached hydrogens (tertiary/aromatic N) is 10. The number of carbonyl (C=O) groups excluding carboxylic acids is 1. The molecule has 30 heteroatoms. The van der Waals surface area contributed by atoms with Gasteiger partial charge in [0.05, 0.1) is 53.9 Å². The van der Waals surface area contributed by atoms with Gasteiger partial charge in [-0.15, -0.1) is 11.8 Å². The third-order valence-electron chi connectivity index (χ3n) is 15.6. The van der Waals surface area contributed by atoms with E-state index in [1.54, 1.807) is 85.8 Å². The lowest BCUT2D eigenvalue weighted by Crippen LogP contribution is -2.51. The number of esters is 1. The lowest BCUT2D eigenvalue weighted by Gasteiger charge is -2.36. The van der Waals surface area contributed by atoms with Gasteiger partial charge in [-0.05, 0) is 96.8 Å². The van der Waals surface area contributed by atoms with E-state index in [9.17, 15) is 40.2 Å². The maximum atomic E-state index is 14.8. The van der Waals surface area contributed by atoms with Crippen molar-refractivity contribution in [1.82, 2.24) is 37.7 Å². The second-order valence-corrected chi connectivity index (χ2v) is 28.9. The maximum Gasteiger partial charge on any atom is 0.354 e. The van der Waals surface area contributed by atoms with E-state index in [4.69, 9.17) is 44.9 Å². The first-order valence-electron chi connectivity index (χ1n) is 28.8. The van der Waals surface area contributed by atoms with E-state index in [-0.39, 0.29) is 77.0 Å². The fourth-order valence-electron chi connectivity index (χ4n) is 11.2. The van der Waals surface area contributed by atoms with Gasteiger partial charge in [0.2, 0.25) is 10.0 Å². The summed E-state index contributed by atoms with van der Waals surface area (Å²) in [5.41, 5.74) is 5.06. The molecule has 0 bridgehead atoms. The number of nitrogens with one attached hydrogen (secondary N) is 1. The van der Waals surface area contributed by atoms with Crippen molar-refractivity contribution < 1.29 is 58.1 Å². The largest absolute Gasteiger partial charge is 0.497 e. The van der Waals surface area contributed by atoms with Gasteiger partial charge in [-0.25, -0.2) is 13.2 Å². The molecule has 5 heterocycles. The number of aromatic nitrogens is 6. The number of fused-ring (bicyclic) bond motifs is 2. The number of nitro groups is 1. The van der Waals surface area contributed by atoms with E-state index in [1.807, 2.05) is 66.7 Å². The summed E-state index contributed by atoms with van der Waals surface area (Å²) in [5.74, 6) is 0.737. The number of thioether (sulfide) groups is 1. The molecule has 486 valence electrons. The predicted octanol–water partition coefficient (Wildman–Crippen LogP) is 9.04. The zero-order chi connectivity index (χ0) is 65.8. The van der Waals surface area contributed by atoms with Crippen LogP contribution in [-0.2, 0) is 98.0 Å². The Hall–Kier alpha value is -8.29. The monoisotopic (exact) mass is 1350 g/mol. The highest BCUT2D eigenvalue weighted by Gasteiger charge is 2.33. The Balaban J connectivity index is 0.930. The highest BCUT2D eigenvalue weighted by atomic mass is 35.5. The van der Waals surface area contributed by atoms with Crippen LogP contribution in [0.1, 0.15) is 56.4 Å². The molecule has 1 aliphatic heterocycles. The second-order valence-electron chi connectivity index (χ2n) is 22.0. The first kappa shape index (κ1) is 66.6. The van der Waals surface area contributed by atoms with Crippen LogP contribution in [0.2, 0.25) is 5.02 Å². The highest BCUT2D eigenvalue weighted by molar-refractivity contribution is 7.98. The number of methoxy groups -OCH3 is 2. The third kappa shape index (κ3) is 14.9. The van der Waals surface area contributed by atoms with Gasteiger partial charge in [0.1, 0.15) is 58.8 Å². The predicted molar refractivity (Wildman–Crippen MR) is 352 cm³/mol. The van der Waals surface area contributed by atoms with Gasteiger partial charge >= 0.3 is 5.97 Å². The minimum atomic E-state index is -4.60. The van der Waals surface area contributed by atoms with Crippen LogP contribution >= 0.6 is 23.4 Å². The number of aryl methyl sites for hydroxylation is 4. The van der Waals surface area contributed by atoms with E-state index >= 15 is 0 Å². The van der Waals surface area contributed by atoms with Crippen molar-refractivity contribution >= 4 is 98.6 Å². The zero-order valence-electron chi connectivity index (χ0n) is 51.7. The second kappa shape index (κ2) is 27.9. The number of anilines is 2. The quantitative estimate of drug-likeness (QED) is 0.0125. The molecule has 0 unspecified atom stereocenters. The summed E-state index contributed by atoms with van der Waals surface area (Å²) in [5, 5.41) is 24.2. The Morgan fingerprint density at radius 2 is 1.55 bits per heavy atom. The zero-order valence-corrected chi connectivity index (χ0v) is 55.7. The molecule has 0 radical (unpaired) electrons. The molecule has 1 aliphatic rings. The van der Waals surface area contributed by atoms with Crippen LogP contribution in [0.5, 0.6) is 17.2 Å². The number of piperazine rings is 1. The molecule has 9 aromatic rings. The number of rotatable bonds is 27. The number of halogens is 1. The number of sulfonamides is 1. The number of nitro benzene ring substituents is 1. The number of pyridine rings is 1. The lowest BCUT2D eigenvalue weighted by atomic mass is 9.98. The summed E-state index contributed by atoms with van der Waals surface area (Å²) < 4.78 is 117. The number of ether oxygens (including phenoxy) is 4. The SMILES string of the molecule is COC(=O)c1c(CCCOS(C)(=O)=O)c2ccc(Cl)c(-c3c(COc4ccc(N5CCN(S(=O)(=O)N(C)C)CC5)cc4)nn(C)c3CS(=O)(=O)Nc3cccc(Cc4cc(CSc5cc(OCc6ccc(OC)cc6)c6ncccc6c5)n(C)n4)c3[N+](=O)[O-])c2n1C. The molecule has 0 amide bonds. The molecule has 0 saturated carbocycles. The van der Waals surface area contributed by atoms with Crippen molar-refractivity contribution in [3.8, 4) is 28.4 Å². The smallest absolute Gasteiger partial charge is 0.354 e. The van der Waals surface area contributed by atoms with Gasteiger partial charge < -0.3 is 28.4 Å². The summed E-state index contributed by atoms with van der Waals surface area (Å²) in [4.78, 5) is 33.8.